The predicted octanol–water partition coefficient (Wildman–Crippen LogP) is -1.95. The molecule has 0 saturated carbocycles. The van der Waals surface area contributed by atoms with Gasteiger partial charge < -0.3 is 0 Å². The van der Waals surface area contributed by atoms with Crippen LogP contribution in [0, 0.1) is 0 Å². The summed E-state index contributed by atoms with van der Waals surface area (Å²) < 4.78 is 16.4. The van der Waals surface area contributed by atoms with Gasteiger partial charge in [-0.25, -0.2) is 0 Å². The summed E-state index contributed by atoms with van der Waals surface area (Å²) in [6.07, 6.45) is 0.497. The predicted molar refractivity (Wildman–Crippen MR) is 28.0 cm³/mol. The Morgan fingerprint density at radius 1 is 1.67 bits per heavy atom. The van der Waals surface area contributed by atoms with E-state index in [1.165, 1.54) is 0 Å². The Labute approximate surface area is 66.0 Å². The second kappa shape index (κ2) is 4.40. The summed E-state index contributed by atoms with van der Waals surface area (Å²) in [7, 11) is 0. The van der Waals surface area contributed by atoms with Crippen LogP contribution in [-0.2, 0) is 3.07 Å². The Kier molecular flexibility index (Phi) is 4.69. The monoisotopic (exact) mass is 249 g/mol. The van der Waals surface area contributed by atoms with E-state index in [4.69, 9.17) is 8.17 Å². The van der Waals surface area contributed by atoms with Crippen LogP contribution in [0.3, 0.4) is 0 Å². The third-order valence-electron chi connectivity index (χ3n) is 0.952. The number of hydrogen-bond donors (Lipinski definition) is 1. The van der Waals surface area contributed by atoms with Crippen molar-refractivity contribution in [3.8, 4) is 0 Å². The fourth-order valence-corrected chi connectivity index (χ4v) is 1.06. The Balaban J connectivity index is 3.43. The summed E-state index contributed by atoms with van der Waals surface area (Å²) in [4.78, 5) is 0. The van der Waals surface area contributed by atoms with Gasteiger partial charge in [-0.3, -0.25) is 0 Å². The summed E-state index contributed by atoms with van der Waals surface area (Å²) in [6, 6.07) is 0. The van der Waals surface area contributed by atoms with Gasteiger partial charge in [0.25, 0.3) is 0 Å². The van der Waals surface area contributed by atoms with Crippen molar-refractivity contribution in [2.75, 3.05) is 6.61 Å². The summed E-state index contributed by atoms with van der Waals surface area (Å²) in [6.45, 7) is 3.59. The fraction of sp³-hybridized carbons (Fsp3) is 1.00. The van der Waals surface area contributed by atoms with E-state index in [0.29, 0.717) is 6.42 Å². The number of rotatable bonds is 4. The Hall–Kier alpha value is 0.580. The normalized spacial score (nSPS) is 12.4. The molecule has 58 valence electrons. The molecule has 0 rings (SSSR count). The molecule has 1 N–H and O–H groups in total. The minimum atomic E-state index is -1.61. The molecule has 2 nitrogen and oxygen atoms in total. The van der Waals surface area contributed by atoms with Crippen molar-refractivity contribution in [2.24, 2.45) is 0 Å². The van der Waals surface area contributed by atoms with Crippen molar-refractivity contribution in [1.29, 1.82) is 0 Å². The van der Waals surface area contributed by atoms with E-state index in [1.807, 2.05) is 0 Å². The molecule has 0 unspecified atom stereocenters. The van der Waals surface area contributed by atoms with Crippen molar-refractivity contribution in [1.82, 2.24) is 0 Å². The Morgan fingerprint density at radius 2 is 2.22 bits per heavy atom. The number of aliphatic hydroxyl groups excluding tert-OH is 1. The standard InChI is InChI=1S/C5H11FIO2/c1-5(2,3-4-8)9-7-6/h8H,3-4H2,1-2H3/q-1. The second-order valence-corrected chi connectivity index (χ2v) is 3.14. The topological polar surface area (TPSA) is 29.5 Å². The fourth-order valence-electron chi connectivity index (χ4n) is 0.387. The van der Waals surface area contributed by atoms with Gasteiger partial charge in [-0.15, -0.1) is 0 Å². The molecule has 0 amide bonds. The molecule has 0 radical (unpaired) electrons. The Morgan fingerprint density at radius 3 is 2.56 bits per heavy atom. The van der Waals surface area contributed by atoms with Crippen LogP contribution < -0.4 is 22.2 Å². The van der Waals surface area contributed by atoms with E-state index < -0.39 is 27.8 Å². The van der Waals surface area contributed by atoms with Gasteiger partial charge in [0, 0.05) is 0 Å². The van der Waals surface area contributed by atoms with E-state index in [2.05, 4.69) is 0 Å². The summed E-state index contributed by atoms with van der Waals surface area (Å²) in [5.74, 6) is 0. The van der Waals surface area contributed by atoms with Crippen LogP contribution in [0.4, 0.5) is 2.86 Å². The molecule has 0 aromatic carbocycles. The van der Waals surface area contributed by atoms with Gasteiger partial charge in [-0.2, -0.15) is 0 Å². The van der Waals surface area contributed by atoms with Crippen molar-refractivity contribution >= 4 is 0 Å². The molecule has 0 spiro atoms. The maximum absolute atomic E-state index is 11.6. The zero-order chi connectivity index (χ0) is 7.33. The van der Waals surface area contributed by atoms with Crippen LogP contribution in [0.1, 0.15) is 20.3 Å². The SMILES string of the molecule is CC(C)(CCO)O[I-]F. The molecule has 0 aromatic heterocycles. The molecule has 0 heterocycles. The Bertz CT molecular complexity index is 69.4. The van der Waals surface area contributed by atoms with Gasteiger partial charge in [-0.05, 0) is 0 Å². The van der Waals surface area contributed by atoms with E-state index in [1.54, 1.807) is 13.8 Å². The zero-order valence-corrected chi connectivity index (χ0v) is 7.68. The van der Waals surface area contributed by atoms with E-state index >= 15 is 0 Å². The van der Waals surface area contributed by atoms with E-state index in [-0.39, 0.29) is 6.61 Å². The van der Waals surface area contributed by atoms with Crippen molar-refractivity contribution in [2.45, 2.75) is 25.9 Å². The van der Waals surface area contributed by atoms with Crippen LogP contribution in [0.5, 0.6) is 0 Å². The first-order valence-corrected chi connectivity index (χ1v) is 4.37. The number of halogens is 2. The van der Waals surface area contributed by atoms with Gasteiger partial charge in [0.1, 0.15) is 0 Å². The third-order valence-corrected chi connectivity index (χ3v) is 2.31. The first kappa shape index (κ1) is 9.58. The van der Waals surface area contributed by atoms with E-state index in [0.717, 1.165) is 0 Å². The van der Waals surface area contributed by atoms with Crippen LogP contribution in [0.2, 0.25) is 0 Å². The summed E-state index contributed by atoms with van der Waals surface area (Å²) >= 11 is -1.61. The molecule has 0 aliphatic rings. The molecule has 9 heavy (non-hydrogen) atoms. The van der Waals surface area contributed by atoms with Gasteiger partial charge in [0.05, 0.1) is 0 Å². The van der Waals surface area contributed by atoms with Crippen molar-refractivity contribution < 1.29 is 33.2 Å². The quantitative estimate of drug-likeness (QED) is 0.587. The molecule has 0 aromatic rings. The van der Waals surface area contributed by atoms with Crippen LogP contribution in [-0.4, -0.2) is 17.3 Å². The molecule has 0 fully saturated rings. The van der Waals surface area contributed by atoms with Gasteiger partial charge >= 0.3 is 65.7 Å². The van der Waals surface area contributed by atoms with E-state index in [9.17, 15) is 2.86 Å². The molecular weight excluding hydrogens is 238 g/mol. The van der Waals surface area contributed by atoms with Crippen LogP contribution in [0.25, 0.3) is 0 Å². The van der Waals surface area contributed by atoms with Gasteiger partial charge in [-0.1, -0.05) is 0 Å². The minimum absolute atomic E-state index is 0.0523. The van der Waals surface area contributed by atoms with Crippen molar-refractivity contribution in [3.05, 3.63) is 0 Å². The molecule has 0 aliphatic heterocycles. The molecule has 4 heteroatoms. The van der Waals surface area contributed by atoms with Gasteiger partial charge in [0.15, 0.2) is 0 Å². The second-order valence-electron chi connectivity index (χ2n) is 2.37. The first-order chi connectivity index (χ1) is 4.12. The molecule has 0 aliphatic carbocycles. The number of aliphatic hydroxyl groups is 1. The molecule has 0 bridgehead atoms. The molecule has 0 atom stereocenters. The third kappa shape index (κ3) is 5.05. The zero-order valence-electron chi connectivity index (χ0n) is 5.53. The van der Waals surface area contributed by atoms with Crippen molar-refractivity contribution in [3.63, 3.8) is 0 Å². The van der Waals surface area contributed by atoms with Crippen LogP contribution >= 0.6 is 0 Å². The van der Waals surface area contributed by atoms with Crippen LogP contribution in [0.15, 0.2) is 0 Å². The average molecular weight is 249 g/mol. The molecular formula is C5H11FIO2-. The number of hydrogen-bond acceptors (Lipinski definition) is 2. The first-order valence-electron chi connectivity index (χ1n) is 2.67. The molecule has 0 saturated heterocycles. The average Bonchev–Trinajstić information content (AvgIpc) is 1.64. The maximum atomic E-state index is 11.6. The summed E-state index contributed by atoms with van der Waals surface area (Å²) in [5, 5.41) is 8.44. The van der Waals surface area contributed by atoms with Gasteiger partial charge in [0.2, 0.25) is 0 Å². The summed E-state index contributed by atoms with van der Waals surface area (Å²) in [5.41, 5.74) is -0.475.